The van der Waals surface area contributed by atoms with Crippen molar-refractivity contribution in [3.8, 4) is 0 Å². The first-order valence-electron chi connectivity index (χ1n) is 7.58. The molecule has 2 aromatic rings. The van der Waals surface area contributed by atoms with Crippen LogP contribution in [0.5, 0.6) is 0 Å². The standard InChI is InChI=1S/C18H15Cl2NO4S/c19-14-5-4-11(8-15(14)20)16(22)10-26-13-3-1-2-12(9-13)21-17(23)6-7-18(24)25/h1-5,8-9H,6-7,10H2,(H,21,23)(H,24,25). The van der Waals surface area contributed by atoms with Crippen molar-refractivity contribution >= 4 is 58.3 Å². The molecular weight excluding hydrogens is 397 g/mol. The van der Waals surface area contributed by atoms with Crippen molar-refractivity contribution in [3.05, 3.63) is 58.1 Å². The maximum absolute atomic E-state index is 12.2. The summed E-state index contributed by atoms with van der Waals surface area (Å²) < 4.78 is 0. The van der Waals surface area contributed by atoms with Crippen molar-refractivity contribution in [2.24, 2.45) is 0 Å². The highest BCUT2D eigenvalue weighted by Crippen LogP contribution is 2.26. The van der Waals surface area contributed by atoms with Gasteiger partial charge in [-0.1, -0.05) is 29.3 Å². The topological polar surface area (TPSA) is 83.5 Å². The smallest absolute Gasteiger partial charge is 0.303 e. The fourth-order valence-corrected chi connectivity index (χ4v) is 3.16. The molecule has 0 spiro atoms. The van der Waals surface area contributed by atoms with E-state index in [-0.39, 0.29) is 30.3 Å². The van der Waals surface area contributed by atoms with Gasteiger partial charge in [-0.3, -0.25) is 14.4 Å². The molecule has 0 radical (unpaired) electrons. The number of ketones is 1. The average molecular weight is 412 g/mol. The van der Waals surface area contributed by atoms with Crippen LogP contribution >= 0.6 is 35.0 Å². The Kier molecular flexibility index (Phi) is 7.50. The molecule has 0 unspecified atom stereocenters. The summed E-state index contributed by atoms with van der Waals surface area (Å²) in [4.78, 5) is 35.2. The van der Waals surface area contributed by atoms with Crippen LogP contribution in [0.4, 0.5) is 5.69 Å². The highest BCUT2D eigenvalue weighted by Gasteiger charge is 2.10. The predicted octanol–water partition coefficient (Wildman–Crippen LogP) is 4.77. The van der Waals surface area contributed by atoms with E-state index in [4.69, 9.17) is 28.3 Å². The third-order valence-corrected chi connectivity index (χ3v) is 5.03. The van der Waals surface area contributed by atoms with Crippen LogP contribution in [0, 0.1) is 0 Å². The zero-order chi connectivity index (χ0) is 19.1. The summed E-state index contributed by atoms with van der Waals surface area (Å²) in [6.07, 6.45) is -0.319. The Balaban J connectivity index is 1.93. The number of hydrogen-bond acceptors (Lipinski definition) is 4. The third kappa shape index (κ3) is 6.37. The van der Waals surface area contributed by atoms with Gasteiger partial charge in [0.05, 0.1) is 22.2 Å². The molecule has 2 rings (SSSR count). The number of carbonyl (C=O) groups excluding carboxylic acids is 2. The SMILES string of the molecule is O=C(O)CCC(=O)Nc1cccc(SCC(=O)c2ccc(Cl)c(Cl)c2)c1. The minimum absolute atomic E-state index is 0.0931. The van der Waals surface area contributed by atoms with Crippen LogP contribution in [0.15, 0.2) is 47.4 Å². The first kappa shape index (κ1) is 20.3. The van der Waals surface area contributed by atoms with Gasteiger partial charge in [0.25, 0.3) is 0 Å². The van der Waals surface area contributed by atoms with Crippen LogP contribution < -0.4 is 5.32 Å². The highest BCUT2D eigenvalue weighted by atomic mass is 35.5. The van der Waals surface area contributed by atoms with Gasteiger partial charge in [0, 0.05) is 22.6 Å². The molecule has 136 valence electrons. The number of anilines is 1. The molecule has 0 aromatic heterocycles. The molecule has 0 fully saturated rings. The van der Waals surface area contributed by atoms with E-state index in [9.17, 15) is 14.4 Å². The van der Waals surface area contributed by atoms with Gasteiger partial charge >= 0.3 is 5.97 Å². The largest absolute Gasteiger partial charge is 0.481 e. The molecule has 1 amide bonds. The zero-order valence-electron chi connectivity index (χ0n) is 13.5. The van der Waals surface area contributed by atoms with E-state index in [1.165, 1.54) is 17.8 Å². The number of nitrogens with one attached hydrogen (secondary N) is 1. The van der Waals surface area contributed by atoms with Gasteiger partial charge in [0.1, 0.15) is 0 Å². The van der Waals surface area contributed by atoms with E-state index < -0.39 is 5.97 Å². The summed E-state index contributed by atoms with van der Waals surface area (Å²) >= 11 is 13.1. The molecule has 0 aliphatic heterocycles. The first-order chi connectivity index (χ1) is 12.3. The Labute approximate surface area is 164 Å². The number of rotatable bonds is 8. The fourth-order valence-electron chi connectivity index (χ4n) is 2.01. The number of carboxylic acids is 1. The van der Waals surface area contributed by atoms with Crippen LogP contribution in [0.2, 0.25) is 10.0 Å². The lowest BCUT2D eigenvalue weighted by atomic mass is 10.1. The van der Waals surface area contributed by atoms with Crippen molar-refractivity contribution in [2.75, 3.05) is 11.1 Å². The molecule has 26 heavy (non-hydrogen) atoms. The lowest BCUT2D eigenvalue weighted by Gasteiger charge is -2.07. The lowest BCUT2D eigenvalue weighted by Crippen LogP contribution is -2.13. The molecule has 0 saturated heterocycles. The van der Waals surface area contributed by atoms with Gasteiger partial charge in [-0.25, -0.2) is 0 Å². The number of carboxylic acid groups (broad SMARTS) is 1. The van der Waals surface area contributed by atoms with Gasteiger partial charge < -0.3 is 10.4 Å². The fraction of sp³-hybridized carbons (Fsp3) is 0.167. The van der Waals surface area contributed by atoms with Gasteiger partial charge in [-0.2, -0.15) is 0 Å². The van der Waals surface area contributed by atoms with E-state index >= 15 is 0 Å². The third-order valence-electron chi connectivity index (χ3n) is 3.30. The Morgan fingerprint density at radius 2 is 1.77 bits per heavy atom. The predicted molar refractivity (Wildman–Crippen MR) is 103 cm³/mol. The summed E-state index contributed by atoms with van der Waals surface area (Å²) in [6, 6.07) is 11.7. The van der Waals surface area contributed by atoms with Gasteiger partial charge in [-0.15, -0.1) is 11.8 Å². The molecule has 2 aromatic carbocycles. The monoisotopic (exact) mass is 411 g/mol. The number of Topliss-reactive ketones (excluding diaryl/α,β-unsaturated/α-hetero) is 1. The zero-order valence-corrected chi connectivity index (χ0v) is 15.8. The molecule has 5 nitrogen and oxygen atoms in total. The number of hydrogen-bond donors (Lipinski definition) is 2. The van der Waals surface area contributed by atoms with Gasteiger partial charge in [-0.05, 0) is 36.4 Å². The lowest BCUT2D eigenvalue weighted by molar-refractivity contribution is -0.138. The number of amides is 1. The van der Waals surface area contributed by atoms with Crippen LogP contribution in [0.3, 0.4) is 0 Å². The summed E-state index contributed by atoms with van der Waals surface area (Å²) in [7, 11) is 0. The Morgan fingerprint density at radius 3 is 2.46 bits per heavy atom. The second-order valence-electron chi connectivity index (χ2n) is 5.31. The normalized spacial score (nSPS) is 10.4. The maximum atomic E-state index is 12.2. The second kappa shape index (κ2) is 9.62. The molecule has 0 saturated carbocycles. The summed E-state index contributed by atoms with van der Waals surface area (Å²) in [5.41, 5.74) is 1.03. The molecule has 2 N–H and O–H groups in total. The Morgan fingerprint density at radius 1 is 1.00 bits per heavy atom. The minimum Gasteiger partial charge on any atom is -0.481 e. The van der Waals surface area contributed by atoms with Crippen LogP contribution in [-0.4, -0.2) is 28.5 Å². The summed E-state index contributed by atoms with van der Waals surface area (Å²) in [6.45, 7) is 0. The van der Waals surface area contributed by atoms with Crippen molar-refractivity contribution < 1.29 is 19.5 Å². The molecule has 8 heteroatoms. The highest BCUT2D eigenvalue weighted by molar-refractivity contribution is 8.00. The minimum atomic E-state index is -1.02. The first-order valence-corrected chi connectivity index (χ1v) is 9.32. The van der Waals surface area contributed by atoms with Gasteiger partial charge in [0.15, 0.2) is 5.78 Å². The van der Waals surface area contributed by atoms with Crippen molar-refractivity contribution in [1.29, 1.82) is 0 Å². The van der Waals surface area contributed by atoms with Crippen LogP contribution in [0.1, 0.15) is 23.2 Å². The van der Waals surface area contributed by atoms with E-state index in [0.717, 1.165) is 4.90 Å². The molecule has 0 bridgehead atoms. The quantitative estimate of drug-likeness (QED) is 0.482. The molecule has 0 aliphatic carbocycles. The van der Waals surface area contributed by atoms with E-state index in [1.54, 1.807) is 30.3 Å². The van der Waals surface area contributed by atoms with E-state index in [1.807, 2.05) is 6.07 Å². The van der Waals surface area contributed by atoms with Crippen molar-refractivity contribution in [3.63, 3.8) is 0 Å². The second-order valence-corrected chi connectivity index (χ2v) is 7.17. The molecule has 0 aliphatic rings. The number of carbonyl (C=O) groups is 3. The molecular formula is C18H15Cl2NO4S. The van der Waals surface area contributed by atoms with E-state index in [2.05, 4.69) is 5.32 Å². The molecule has 0 atom stereocenters. The maximum Gasteiger partial charge on any atom is 0.303 e. The van der Waals surface area contributed by atoms with Crippen molar-refractivity contribution in [2.45, 2.75) is 17.7 Å². The van der Waals surface area contributed by atoms with Crippen molar-refractivity contribution in [1.82, 2.24) is 0 Å². The van der Waals surface area contributed by atoms with E-state index in [0.29, 0.717) is 21.3 Å². The van der Waals surface area contributed by atoms with Crippen LogP contribution in [0.25, 0.3) is 0 Å². The summed E-state index contributed by atoms with van der Waals surface area (Å²) in [5, 5.41) is 11.9. The number of thioether (sulfide) groups is 1. The number of halogens is 2. The average Bonchev–Trinajstić information content (AvgIpc) is 2.60. The number of aliphatic carboxylic acids is 1. The van der Waals surface area contributed by atoms with Crippen LogP contribution in [-0.2, 0) is 9.59 Å². The number of benzene rings is 2. The summed E-state index contributed by atoms with van der Waals surface area (Å²) in [5.74, 6) is -1.29. The Bertz CT molecular complexity index is 842. The van der Waals surface area contributed by atoms with Gasteiger partial charge in [0.2, 0.25) is 5.91 Å². The Hall–Kier alpha value is -2.02. The molecule has 0 heterocycles.